The largest absolute Gasteiger partial charge is 0.496 e. The normalized spacial score (nSPS) is 12.5. The van der Waals surface area contributed by atoms with E-state index in [1.54, 1.807) is 25.8 Å². The molecular weight excluding hydrogens is 222 g/mol. The SMILES string of the molecule is COc1ccc(CNC[C@@H](C)O)cc1SC. The van der Waals surface area contributed by atoms with Gasteiger partial charge in [-0.05, 0) is 30.9 Å². The molecule has 2 N–H and O–H groups in total. The molecule has 0 aromatic heterocycles. The Kier molecular flexibility index (Phi) is 5.66. The monoisotopic (exact) mass is 241 g/mol. The molecule has 0 aliphatic rings. The van der Waals surface area contributed by atoms with E-state index in [2.05, 4.69) is 11.4 Å². The van der Waals surface area contributed by atoms with Crippen LogP contribution in [0, 0.1) is 0 Å². The molecule has 3 nitrogen and oxygen atoms in total. The number of rotatable bonds is 6. The van der Waals surface area contributed by atoms with Gasteiger partial charge < -0.3 is 15.2 Å². The fourth-order valence-corrected chi connectivity index (χ4v) is 2.04. The predicted octanol–water partition coefficient (Wildman–Crippen LogP) is 1.89. The second kappa shape index (κ2) is 6.78. The van der Waals surface area contributed by atoms with Crippen molar-refractivity contribution in [2.45, 2.75) is 24.5 Å². The third-order valence-corrected chi connectivity index (χ3v) is 2.98. The van der Waals surface area contributed by atoms with Crippen molar-refractivity contribution in [2.24, 2.45) is 0 Å². The summed E-state index contributed by atoms with van der Waals surface area (Å²) >= 11 is 1.67. The average Bonchev–Trinajstić information content (AvgIpc) is 2.28. The van der Waals surface area contributed by atoms with Gasteiger partial charge in [0.15, 0.2) is 0 Å². The summed E-state index contributed by atoms with van der Waals surface area (Å²) in [5, 5.41) is 12.3. The van der Waals surface area contributed by atoms with Gasteiger partial charge in [0.05, 0.1) is 13.2 Å². The van der Waals surface area contributed by atoms with Crippen LogP contribution in [0.1, 0.15) is 12.5 Å². The molecule has 0 aliphatic carbocycles. The highest BCUT2D eigenvalue weighted by Crippen LogP contribution is 2.28. The van der Waals surface area contributed by atoms with Crippen LogP contribution in [0.4, 0.5) is 0 Å². The predicted molar refractivity (Wildman–Crippen MR) is 68.2 cm³/mol. The van der Waals surface area contributed by atoms with Crippen molar-refractivity contribution in [1.29, 1.82) is 0 Å². The fraction of sp³-hybridized carbons (Fsp3) is 0.500. The van der Waals surface area contributed by atoms with Crippen LogP contribution in [-0.2, 0) is 6.54 Å². The second-order valence-electron chi connectivity index (χ2n) is 3.67. The maximum Gasteiger partial charge on any atom is 0.132 e. The Labute approximate surface area is 101 Å². The highest BCUT2D eigenvalue weighted by molar-refractivity contribution is 7.98. The molecule has 90 valence electrons. The number of hydrogen-bond acceptors (Lipinski definition) is 4. The number of ether oxygens (including phenoxy) is 1. The molecule has 0 fully saturated rings. The molecule has 1 atom stereocenters. The molecule has 0 saturated carbocycles. The summed E-state index contributed by atoms with van der Waals surface area (Å²) in [5.41, 5.74) is 1.20. The third kappa shape index (κ3) is 4.04. The molecule has 1 aromatic rings. The van der Waals surface area contributed by atoms with Crippen molar-refractivity contribution in [2.75, 3.05) is 19.9 Å². The second-order valence-corrected chi connectivity index (χ2v) is 4.52. The van der Waals surface area contributed by atoms with E-state index in [-0.39, 0.29) is 6.10 Å². The van der Waals surface area contributed by atoms with Gasteiger partial charge in [-0.15, -0.1) is 11.8 Å². The molecule has 0 bridgehead atoms. The highest BCUT2D eigenvalue weighted by atomic mass is 32.2. The number of thioether (sulfide) groups is 1. The van der Waals surface area contributed by atoms with Gasteiger partial charge in [-0.2, -0.15) is 0 Å². The summed E-state index contributed by atoms with van der Waals surface area (Å²) in [7, 11) is 1.68. The maximum atomic E-state index is 9.13. The van der Waals surface area contributed by atoms with E-state index in [4.69, 9.17) is 9.84 Å². The van der Waals surface area contributed by atoms with E-state index in [1.165, 1.54) is 5.56 Å². The lowest BCUT2D eigenvalue weighted by Crippen LogP contribution is -2.23. The van der Waals surface area contributed by atoms with Gasteiger partial charge in [-0.1, -0.05) is 6.07 Å². The van der Waals surface area contributed by atoms with E-state index >= 15 is 0 Å². The molecule has 0 unspecified atom stereocenters. The molecule has 1 aromatic carbocycles. The molecule has 0 spiro atoms. The van der Waals surface area contributed by atoms with Crippen molar-refractivity contribution in [3.8, 4) is 5.75 Å². The van der Waals surface area contributed by atoms with Crippen LogP contribution < -0.4 is 10.1 Å². The molecule has 0 heterocycles. The van der Waals surface area contributed by atoms with Crippen molar-refractivity contribution in [1.82, 2.24) is 5.32 Å². The van der Waals surface area contributed by atoms with Gasteiger partial charge >= 0.3 is 0 Å². The summed E-state index contributed by atoms with van der Waals surface area (Å²) in [6, 6.07) is 6.12. The minimum atomic E-state index is -0.307. The minimum absolute atomic E-state index is 0.307. The van der Waals surface area contributed by atoms with Crippen molar-refractivity contribution >= 4 is 11.8 Å². The lowest BCUT2D eigenvalue weighted by molar-refractivity contribution is 0.191. The summed E-state index contributed by atoms with van der Waals surface area (Å²) in [6.07, 6.45) is 1.73. The number of benzene rings is 1. The zero-order chi connectivity index (χ0) is 12.0. The molecule has 4 heteroatoms. The highest BCUT2D eigenvalue weighted by Gasteiger charge is 2.03. The van der Waals surface area contributed by atoms with Crippen LogP contribution >= 0.6 is 11.8 Å². The first kappa shape index (κ1) is 13.4. The lowest BCUT2D eigenvalue weighted by atomic mass is 10.2. The zero-order valence-corrected chi connectivity index (χ0v) is 10.8. The standard InChI is InChI=1S/C12H19NO2S/c1-9(14)7-13-8-10-4-5-11(15-2)12(6-10)16-3/h4-6,9,13-14H,7-8H2,1-3H3/t9-/m1/s1. The first-order valence-electron chi connectivity index (χ1n) is 5.27. The Balaban J connectivity index is 2.60. The quantitative estimate of drug-likeness (QED) is 0.746. The first-order valence-corrected chi connectivity index (χ1v) is 6.49. The number of aliphatic hydroxyl groups excluding tert-OH is 1. The van der Waals surface area contributed by atoms with Crippen LogP contribution in [-0.4, -0.2) is 31.1 Å². The van der Waals surface area contributed by atoms with E-state index in [0.717, 1.165) is 17.2 Å². The number of hydrogen-bond donors (Lipinski definition) is 2. The van der Waals surface area contributed by atoms with Crippen molar-refractivity contribution in [3.63, 3.8) is 0 Å². The molecular formula is C12H19NO2S. The summed E-state index contributed by atoms with van der Waals surface area (Å²) < 4.78 is 5.25. The van der Waals surface area contributed by atoms with Gasteiger partial charge in [-0.25, -0.2) is 0 Å². The fourth-order valence-electron chi connectivity index (χ4n) is 1.42. The number of methoxy groups -OCH3 is 1. The molecule has 16 heavy (non-hydrogen) atoms. The van der Waals surface area contributed by atoms with Gasteiger partial charge in [0.25, 0.3) is 0 Å². The Morgan fingerprint density at radius 1 is 1.50 bits per heavy atom. The Morgan fingerprint density at radius 2 is 2.25 bits per heavy atom. The van der Waals surface area contributed by atoms with Gasteiger partial charge in [0.1, 0.15) is 5.75 Å². The Hall–Kier alpha value is -0.710. The topological polar surface area (TPSA) is 41.5 Å². The van der Waals surface area contributed by atoms with Crippen LogP contribution in [0.25, 0.3) is 0 Å². The van der Waals surface area contributed by atoms with Crippen LogP contribution in [0.2, 0.25) is 0 Å². The molecule has 0 radical (unpaired) electrons. The first-order chi connectivity index (χ1) is 7.67. The third-order valence-electron chi connectivity index (χ3n) is 2.22. The summed E-state index contributed by atoms with van der Waals surface area (Å²) in [6.45, 7) is 3.15. The van der Waals surface area contributed by atoms with E-state index in [9.17, 15) is 0 Å². The Morgan fingerprint density at radius 3 is 2.81 bits per heavy atom. The maximum absolute atomic E-state index is 9.13. The zero-order valence-electron chi connectivity index (χ0n) is 9.99. The van der Waals surface area contributed by atoms with Crippen molar-refractivity contribution < 1.29 is 9.84 Å². The van der Waals surface area contributed by atoms with Crippen LogP contribution in [0.3, 0.4) is 0 Å². The van der Waals surface area contributed by atoms with E-state index in [1.807, 2.05) is 18.4 Å². The van der Waals surface area contributed by atoms with Crippen LogP contribution in [0.15, 0.2) is 23.1 Å². The summed E-state index contributed by atoms with van der Waals surface area (Å²) in [4.78, 5) is 1.14. The minimum Gasteiger partial charge on any atom is -0.496 e. The van der Waals surface area contributed by atoms with E-state index < -0.39 is 0 Å². The van der Waals surface area contributed by atoms with Gasteiger partial charge in [0.2, 0.25) is 0 Å². The van der Waals surface area contributed by atoms with Gasteiger partial charge in [0, 0.05) is 18.0 Å². The van der Waals surface area contributed by atoms with Crippen LogP contribution in [0.5, 0.6) is 5.75 Å². The number of aliphatic hydroxyl groups is 1. The smallest absolute Gasteiger partial charge is 0.132 e. The van der Waals surface area contributed by atoms with E-state index in [0.29, 0.717) is 6.54 Å². The average molecular weight is 241 g/mol. The lowest BCUT2D eigenvalue weighted by Gasteiger charge is -2.10. The van der Waals surface area contributed by atoms with Crippen molar-refractivity contribution in [3.05, 3.63) is 23.8 Å². The molecule has 0 aliphatic heterocycles. The number of nitrogens with one attached hydrogen (secondary N) is 1. The molecule has 0 saturated heterocycles. The molecule has 1 rings (SSSR count). The Bertz CT molecular complexity index is 329. The summed E-state index contributed by atoms with van der Waals surface area (Å²) in [5.74, 6) is 0.909. The van der Waals surface area contributed by atoms with Gasteiger partial charge in [-0.3, -0.25) is 0 Å². The molecule has 0 amide bonds.